The van der Waals surface area contributed by atoms with E-state index >= 15 is 0 Å². The molecule has 2 nitrogen and oxygen atoms in total. The monoisotopic (exact) mass is 184 g/mol. The Labute approximate surface area is 83.7 Å². The van der Waals surface area contributed by atoms with Crippen LogP contribution in [0.1, 0.15) is 11.5 Å². The molecule has 0 unspecified atom stereocenters. The first kappa shape index (κ1) is 8.88. The van der Waals surface area contributed by atoms with Crippen molar-refractivity contribution in [2.24, 2.45) is 0 Å². The average Bonchev–Trinajstić information content (AvgIpc) is 2.19. The SMILES string of the molecule is Cc1ncc(-c2ccccc2)c(C)n1. The van der Waals surface area contributed by atoms with Gasteiger partial charge in [0, 0.05) is 17.5 Å². The first-order chi connectivity index (χ1) is 6.77. The second-order valence-corrected chi connectivity index (χ2v) is 3.28. The van der Waals surface area contributed by atoms with Gasteiger partial charge in [0.05, 0.1) is 0 Å². The van der Waals surface area contributed by atoms with Crippen molar-refractivity contribution in [3.05, 3.63) is 48.0 Å². The molecular weight excluding hydrogens is 172 g/mol. The molecule has 0 aliphatic rings. The molecule has 2 heteroatoms. The van der Waals surface area contributed by atoms with Crippen LogP contribution in [-0.2, 0) is 0 Å². The molecule has 0 radical (unpaired) electrons. The number of rotatable bonds is 1. The summed E-state index contributed by atoms with van der Waals surface area (Å²) in [6, 6.07) is 10.2. The molecule has 0 saturated carbocycles. The van der Waals surface area contributed by atoms with Crippen LogP contribution in [0.15, 0.2) is 36.5 Å². The minimum absolute atomic E-state index is 0.821. The van der Waals surface area contributed by atoms with Crippen LogP contribution in [0.3, 0.4) is 0 Å². The van der Waals surface area contributed by atoms with Crippen molar-refractivity contribution in [1.82, 2.24) is 9.97 Å². The Balaban J connectivity index is 2.53. The molecule has 70 valence electrons. The van der Waals surface area contributed by atoms with E-state index in [9.17, 15) is 0 Å². The van der Waals surface area contributed by atoms with E-state index in [4.69, 9.17) is 0 Å². The van der Waals surface area contributed by atoms with E-state index < -0.39 is 0 Å². The van der Waals surface area contributed by atoms with Gasteiger partial charge in [-0.3, -0.25) is 0 Å². The summed E-state index contributed by atoms with van der Waals surface area (Å²) in [5.74, 6) is 0.821. The smallest absolute Gasteiger partial charge is 0.125 e. The second kappa shape index (κ2) is 3.58. The van der Waals surface area contributed by atoms with E-state index in [0.717, 1.165) is 17.1 Å². The fourth-order valence-electron chi connectivity index (χ4n) is 1.48. The summed E-state index contributed by atoms with van der Waals surface area (Å²) in [5, 5.41) is 0. The van der Waals surface area contributed by atoms with E-state index in [-0.39, 0.29) is 0 Å². The molecule has 1 aromatic carbocycles. The molecule has 1 heterocycles. The summed E-state index contributed by atoms with van der Waals surface area (Å²) >= 11 is 0. The highest BCUT2D eigenvalue weighted by Gasteiger charge is 2.02. The Morgan fingerprint density at radius 1 is 1.00 bits per heavy atom. The first-order valence-corrected chi connectivity index (χ1v) is 4.63. The number of aromatic nitrogens is 2. The van der Waals surface area contributed by atoms with Crippen molar-refractivity contribution in [3.8, 4) is 11.1 Å². The third-order valence-electron chi connectivity index (χ3n) is 2.18. The Morgan fingerprint density at radius 3 is 2.36 bits per heavy atom. The van der Waals surface area contributed by atoms with Crippen LogP contribution >= 0.6 is 0 Å². The first-order valence-electron chi connectivity index (χ1n) is 4.63. The summed E-state index contributed by atoms with van der Waals surface area (Å²) < 4.78 is 0. The Bertz CT molecular complexity index is 435. The molecule has 0 amide bonds. The molecule has 2 rings (SSSR count). The van der Waals surface area contributed by atoms with Crippen LogP contribution in [-0.4, -0.2) is 9.97 Å². The van der Waals surface area contributed by atoms with Crippen molar-refractivity contribution in [2.75, 3.05) is 0 Å². The molecule has 0 fully saturated rings. The van der Waals surface area contributed by atoms with Gasteiger partial charge in [-0.1, -0.05) is 30.3 Å². The lowest BCUT2D eigenvalue weighted by Gasteiger charge is -2.04. The number of benzene rings is 1. The lowest BCUT2D eigenvalue weighted by Crippen LogP contribution is -1.93. The Morgan fingerprint density at radius 2 is 1.71 bits per heavy atom. The molecule has 0 saturated heterocycles. The summed E-state index contributed by atoms with van der Waals surface area (Å²) in [4.78, 5) is 8.54. The third kappa shape index (κ3) is 1.64. The highest BCUT2D eigenvalue weighted by molar-refractivity contribution is 5.64. The van der Waals surface area contributed by atoms with E-state index in [2.05, 4.69) is 22.1 Å². The van der Waals surface area contributed by atoms with Gasteiger partial charge >= 0.3 is 0 Å². The van der Waals surface area contributed by atoms with Crippen LogP contribution in [0.2, 0.25) is 0 Å². The van der Waals surface area contributed by atoms with Gasteiger partial charge in [-0.2, -0.15) is 0 Å². The lowest BCUT2D eigenvalue weighted by atomic mass is 10.1. The highest BCUT2D eigenvalue weighted by Crippen LogP contribution is 2.20. The standard InChI is InChI=1S/C12H12N2/c1-9-12(8-13-10(2)14-9)11-6-4-3-5-7-11/h3-8H,1-2H3. The van der Waals surface area contributed by atoms with Crippen molar-refractivity contribution >= 4 is 0 Å². The third-order valence-corrected chi connectivity index (χ3v) is 2.18. The minimum atomic E-state index is 0.821. The molecule has 0 N–H and O–H groups in total. The highest BCUT2D eigenvalue weighted by atomic mass is 14.9. The number of aryl methyl sites for hydroxylation is 2. The van der Waals surface area contributed by atoms with Gasteiger partial charge in [-0.25, -0.2) is 9.97 Å². The van der Waals surface area contributed by atoms with Gasteiger partial charge in [0.25, 0.3) is 0 Å². The molecule has 0 aliphatic carbocycles. The van der Waals surface area contributed by atoms with Gasteiger partial charge in [-0.15, -0.1) is 0 Å². The average molecular weight is 184 g/mol. The molecular formula is C12H12N2. The van der Waals surface area contributed by atoms with Crippen LogP contribution < -0.4 is 0 Å². The Kier molecular flexibility index (Phi) is 2.27. The predicted octanol–water partition coefficient (Wildman–Crippen LogP) is 2.76. The maximum absolute atomic E-state index is 4.34. The van der Waals surface area contributed by atoms with Crippen LogP contribution in [0, 0.1) is 13.8 Å². The van der Waals surface area contributed by atoms with E-state index in [1.807, 2.05) is 38.2 Å². The lowest BCUT2D eigenvalue weighted by molar-refractivity contribution is 1.01. The number of hydrogen-bond donors (Lipinski definition) is 0. The van der Waals surface area contributed by atoms with Gasteiger partial charge in [0.15, 0.2) is 0 Å². The van der Waals surface area contributed by atoms with Gasteiger partial charge in [0.1, 0.15) is 5.82 Å². The van der Waals surface area contributed by atoms with Crippen LogP contribution in [0.4, 0.5) is 0 Å². The van der Waals surface area contributed by atoms with E-state index in [1.54, 1.807) is 0 Å². The topological polar surface area (TPSA) is 25.8 Å². The van der Waals surface area contributed by atoms with Gasteiger partial charge < -0.3 is 0 Å². The summed E-state index contributed by atoms with van der Waals surface area (Å²) in [7, 11) is 0. The summed E-state index contributed by atoms with van der Waals surface area (Å²) in [6.07, 6.45) is 1.88. The molecule has 2 aromatic rings. The quantitative estimate of drug-likeness (QED) is 0.681. The molecule has 1 aromatic heterocycles. The minimum Gasteiger partial charge on any atom is -0.241 e. The zero-order valence-electron chi connectivity index (χ0n) is 8.36. The van der Waals surface area contributed by atoms with E-state index in [0.29, 0.717) is 0 Å². The zero-order chi connectivity index (χ0) is 9.97. The fraction of sp³-hybridized carbons (Fsp3) is 0.167. The molecule has 0 spiro atoms. The van der Waals surface area contributed by atoms with Crippen LogP contribution in [0.5, 0.6) is 0 Å². The van der Waals surface area contributed by atoms with Gasteiger partial charge in [0.2, 0.25) is 0 Å². The van der Waals surface area contributed by atoms with Gasteiger partial charge in [-0.05, 0) is 19.4 Å². The molecule has 0 bridgehead atoms. The normalized spacial score (nSPS) is 10.1. The van der Waals surface area contributed by atoms with Crippen molar-refractivity contribution in [1.29, 1.82) is 0 Å². The summed E-state index contributed by atoms with van der Waals surface area (Å²) in [5.41, 5.74) is 3.31. The predicted molar refractivity (Wildman–Crippen MR) is 56.9 cm³/mol. The van der Waals surface area contributed by atoms with Crippen molar-refractivity contribution in [3.63, 3.8) is 0 Å². The summed E-state index contributed by atoms with van der Waals surface area (Å²) in [6.45, 7) is 3.92. The Hall–Kier alpha value is -1.70. The fourth-order valence-corrected chi connectivity index (χ4v) is 1.48. The van der Waals surface area contributed by atoms with Crippen LogP contribution in [0.25, 0.3) is 11.1 Å². The van der Waals surface area contributed by atoms with Crippen molar-refractivity contribution < 1.29 is 0 Å². The number of hydrogen-bond acceptors (Lipinski definition) is 2. The maximum Gasteiger partial charge on any atom is 0.125 e. The second-order valence-electron chi connectivity index (χ2n) is 3.28. The maximum atomic E-state index is 4.34. The zero-order valence-corrected chi connectivity index (χ0v) is 8.36. The van der Waals surface area contributed by atoms with Crippen molar-refractivity contribution in [2.45, 2.75) is 13.8 Å². The van der Waals surface area contributed by atoms with E-state index in [1.165, 1.54) is 5.56 Å². The molecule has 0 atom stereocenters. The molecule has 0 aliphatic heterocycles. The largest absolute Gasteiger partial charge is 0.241 e. The number of nitrogens with zero attached hydrogens (tertiary/aromatic N) is 2. The molecule has 14 heavy (non-hydrogen) atoms.